The van der Waals surface area contributed by atoms with E-state index < -0.39 is 16.0 Å². The zero-order chi connectivity index (χ0) is 17.7. The molecule has 0 fully saturated rings. The monoisotopic (exact) mass is 368 g/mol. The van der Waals surface area contributed by atoms with Gasteiger partial charge in [0.1, 0.15) is 10.6 Å². The molecule has 2 aromatic carbocycles. The fraction of sp³-hybridized carbons (Fsp3) is 0.0667. The molecule has 0 aliphatic carbocycles. The van der Waals surface area contributed by atoms with Gasteiger partial charge >= 0.3 is 5.97 Å². The molecule has 0 heterocycles. The summed E-state index contributed by atoms with van der Waals surface area (Å²) in [4.78, 5) is 12.7. The summed E-state index contributed by atoms with van der Waals surface area (Å²) in [6, 6.07) is 9.97. The van der Waals surface area contributed by atoms with Crippen LogP contribution in [0, 0.1) is 0 Å². The Morgan fingerprint density at radius 2 is 1.92 bits per heavy atom. The zero-order valence-electron chi connectivity index (χ0n) is 12.4. The first-order chi connectivity index (χ1) is 11.3. The molecule has 0 amide bonds. The lowest BCUT2D eigenvalue weighted by atomic mass is 10.1. The van der Waals surface area contributed by atoms with Crippen LogP contribution in [-0.2, 0) is 10.0 Å². The van der Waals surface area contributed by atoms with Gasteiger partial charge in [-0.15, -0.1) is 0 Å². The van der Waals surface area contributed by atoms with Crippen molar-refractivity contribution < 1.29 is 23.1 Å². The van der Waals surface area contributed by atoms with E-state index in [2.05, 4.69) is 5.10 Å². The minimum Gasteiger partial charge on any atom is -0.495 e. The molecule has 2 rings (SSSR count). The Morgan fingerprint density at radius 1 is 1.25 bits per heavy atom. The Bertz CT molecular complexity index is 879. The SMILES string of the molecule is COc1ccc(Cl)cc1S(=O)(=O)N/N=C/c1ccc(C(=O)O)cc1. The normalized spacial score (nSPS) is 11.4. The van der Waals surface area contributed by atoms with Gasteiger partial charge in [0.25, 0.3) is 10.0 Å². The second-order valence-corrected chi connectivity index (χ2v) is 6.64. The highest BCUT2D eigenvalue weighted by Gasteiger charge is 2.19. The molecule has 7 nitrogen and oxygen atoms in total. The molecule has 2 N–H and O–H groups in total. The second kappa shape index (κ2) is 7.33. The molecule has 0 unspecified atom stereocenters. The number of ether oxygens (including phenoxy) is 1. The largest absolute Gasteiger partial charge is 0.495 e. The molecular formula is C15H13ClN2O5S. The number of nitrogens with zero attached hydrogens (tertiary/aromatic N) is 1. The Morgan fingerprint density at radius 3 is 2.50 bits per heavy atom. The van der Waals surface area contributed by atoms with E-state index in [1.807, 2.05) is 4.83 Å². The van der Waals surface area contributed by atoms with Crippen molar-refractivity contribution in [3.05, 3.63) is 58.6 Å². The van der Waals surface area contributed by atoms with Gasteiger partial charge in [-0.2, -0.15) is 18.4 Å². The van der Waals surface area contributed by atoms with Crippen LogP contribution in [0.25, 0.3) is 0 Å². The van der Waals surface area contributed by atoms with Crippen molar-refractivity contribution in [2.75, 3.05) is 7.11 Å². The van der Waals surface area contributed by atoms with Gasteiger partial charge < -0.3 is 9.84 Å². The van der Waals surface area contributed by atoms with E-state index in [1.165, 1.54) is 55.8 Å². The fourth-order valence-corrected chi connectivity index (χ4v) is 3.02. The molecule has 0 atom stereocenters. The van der Waals surface area contributed by atoms with Crippen molar-refractivity contribution in [2.45, 2.75) is 4.90 Å². The molecule has 0 aliphatic heterocycles. The van der Waals surface area contributed by atoms with Gasteiger partial charge in [0.05, 0.1) is 18.9 Å². The quantitative estimate of drug-likeness (QED) is 0.601. The van der Waals surface area contributed by atoms with Crippen molar-refractivity contribution in [1.29, 1.82) is 0 Å². The molecule has 0 spiro atoms. The lowest BCUT2D eigenvalue weighted by Gasteiger charge is -2.09. The van der Waals surface area contributed by atoms with Crippen molar-refractivity contribution in [3.63, 3.8) is 0 Å². The average molecular weight is 369 g/mol. The molecule has 24 heavy (non-hydrogen) atoms. The summed E-state index contributed by atoms with van der Waals surface area (Å²) in [5, 5.41) is 12.7. The van der Waals surface area contributed by atoms with Gasteiger partial charge in [0, 0.05) is 5.02 Å². The summed E-state index contributed by atoms with van der Waals surface area (Å²) in [6.45, 7) is 0. The number of halogens is 1. The summed E-state index contributed by atoms with van der Waals surface area (Å²) in [7, 11) is -2.63. The molecule has 0 aliphatic rings. The number of carbonyl (C=O) groups is 1. The summed E-state index contributed by atoms with van der Waals surface area (Å²) in [6.07, 6.45) is 1.25. The van der Waals surface area contributed by atoms with Crippen molar-refractivity contribution in [3.8, 4) is 5.75 Å². The number of hydrogen-bond donors (Lipinski definition) is 2. The Balaban J connectivity index is 2.18. The maximum atomic E-state index is 12.3. The molecular weight excluding hydrogens is 356 g/mol. The number of carboxylic acid groups (broad SMARTS) is 1. The number of nitrogens with one attached hydrogen (secondary N) is 1. The molecule has 0 saturated carbocycles. The lowest BCUT2D eigenvalue weighted by molar-refractivity contribution is 0.0697. The van der Waals surface area contributed by atoms with Crippen molar-refractivity contribution in [2.24, 2.45) is 5.10 Å². The van der Waals surface area contributed by atoms with E-state index in [0.29, 0.717) is 5.56 Å². The van der Waals surface area contributed by atoms with E-state index in [-0.39, 0.29) is 21.2 Å². The van der Waals surface area contributed by atoms with Crippen LogP contribution in [0.4, 0.5) is 0 Å². The number of methoxy groups -OCH3 is 1. The van der Waals surface area contributed by atoms with E-state index in [0.717, 1.165) is 0 Å². The Hall–Kier alpha value is -2.58. The molecule has 0 radical (unpaired) electrons. The predicted molar refractivity (Wildman–Crippen MR) is 89.3 cm³/mol. The number of carboxylic acids is 1. The Labute approximate surface area is 143 Å². The third-order valence-corrected chi connectivity index (χ3v) is 4.44. The van der Waals surface area contributed by atoms with Crippen LogP contribution < -0.4 is 9.57 Å². The molecule has 126 valence electrons. The second-order valence-electron chi connectivity index (χ2n) is 4.58. The van der Waals surface area contributed by atoms with Gasteiger partial charge in [-0.3, -0.25) is 0 Å². The topological polar surface area (TPSA) is 105 Å². The highest BCUT2D eigenvalue weighted by atomic mass is 35.5. The van der Waals surface area contributed by atoms with E-state index in [9.17, 15) is 13.2 Å². The van der Waals surface area contributed by atoms with E-state index >= 15 is 0 Å². The van der Waals surface area contributed by atoms with Crippen molar-refractivity contribution in [1.82, 2.24) is 4.83 Å². The first-order valence-corrected chi connectivity index (χ1v) is 8.41. The molecule has 0 aromatic heterocycles. The minimum absolute atomic E-state index is 0.122. The van der Waals surface area contributed by atoms with E-state index in [4.69, 9.17) is 21.4 Å². The van der Waals surface area contributed by atoms with Gasteiger partial charge in [-0.25, -0.2) is 4.79 Å². The lowest BCUT2D eigenvalue weighted by Crippen LogP contribution is -2.19. The maximum Gasteiger partial charge on any atom is 0.335 e. The van der Waals surface area contributed by atoms with Crippen LogP contribution in [-0.4, -0.2) is 32.8 Å². The minimum atomic E-state index is -3.97. The summed E-state index contributed by atoms with van der Waals surface area (Å²) in [5.74, 6) is -0.917. The molecule has 0 saturated heterocycles. The molecule has 2 aromatic rings. The highest BCUT2D eigenvalue weighted by molar-refractivity contribution is 7.89. The zero-order valence-corrected chi connectivity index (χ0v) is 14.0. The third kappa shape index (κ3) is 4.24. The summed E-state index contributed by atoms with van der Waals surface area (Å²) >= 11 is 5.82. The first-order valence-electron chi connectivity index (χ1n) is 6.55. The summed E-state index contributed by atoms with van der Waals surface area (Å²) in [5.41, 5.74) is 0.650. The number of hydrazone groups is 1. The fourth-order valence-electron chi connectivity index (χ4n) is 1.79. The Kier molecular flexibility index (Phi) is 5.42. The summed E-state index contributed by atoms with van der Waals surface area (Å²) < 4.78 is 29.5. The number of hydrogen-bond acceptors (Lipinski definition) is 5. The smallest absolute Gasteiger partial charge is 0.335 e. The average Bonchev–Trinajstić information content (AvgIpc) is 2.55. The first kappa shape index (κ1) is 17.8. The van der Waals surface area contributed by atoms with Crippen LogP contribution in [0.2, 0.25) is 5.02 Å². The van der Waals surface area contributed by atoms with Gasteiger partial charge in [-0.1, -0.05) is 23.7 Å². The van der Waals surface area contributed by atoms with Crippen LogP contribution >= 0.6 is 11.6 Å². The number of rotatable bonds is 6. The molecule has 9 heteroatoms. The van der Waals surface area contributed by atoms with Crippen LogP contribution in [0.5, 0.6) is 5.75 Å². The predicted octanol–water partition coefficient (Wildman–Crippen LogP) is 2.36. The van der Waals surface area contributed by atoms with Gasteiger partial charge in [-0.05, 0) is 35.9 Å². The van der Waals surface area contributed by atoms with Gasteiger partial charge in [0.15, 0.2) is 0 Å². The number of sulfonamides is 1. The highest BCUT2D eigenvalue weighted by Crippen LogP contribution is 2.26. The standard InChI is InChI=1S/C15H13ClN2O5S/c1-23-13-7-6-12(16)8-14(13)24(21,22)18-17-9-10-2-4-11(5-3-10)15(19)20/h2-9,18H,1H3,(H,19,20)/b17-9+. The van der Waals surface area contributed by atoms with Crippen molar-refractivity contribution >= 4 is 33.8 Å². The van der Waals surface area contributed by atoms with E-state index in [1.54, 1.807) is 0 Å². The number of benzene rings is 2. The maximum absolute atomic E-state index is 12.3. The van der Waals surface area contributed by atoms with Crippen LogP contribution in [0.3, 0.4) is 0 Å². The number of aromatic carboxylic acids is 1. The third-order valence-electron chi connectivity index (χ3n) is 2.96. The van der Waals surface area contributed by atoms with Crippen LogP contribution in [0.15, 0.2) is 52.5 Å². The molecule has 0 bridgehead atoms. The van der Waals surface area contributed by atoms with Crippen LogP contribution in [0.1, 0.15) is 15.9 Å². The van der Waals surface area contributed by atoms with Gasteiger partial charge in [0.2, 0.25) is 0 Å².